The lowest BCUT2D eigenvalue weighted by molar-refractivity contribution is 0.299. The molecule has 0 radical (unpaired) electrons. The first-order valence-corrected chi connectivity index (χ1v) is 5.54. The number of nitrogens with two attached hydrogens (primary N) is 2. The van der Waals surface area contributed by atoms with Crippen molar-refractivity contribution < 1.29 is 5.11 Å². The van der Waals surface area contributed by atoms with Gasteiger partial charge < -0.3 is 21.9 Å². The van der Waals surface area contributed by atoms with Crippen LogP contribution in [0.3, 0.4) is 0 Å². The third-order valence-electron chi connectivity index (χ3n) is 2.39. The highest BCUT2D eigenvalue weighted by Crippen LogP contribution is 2.17. The molecular weight excluding hydrogens is 230 g/mol. The summed E-state index contributed by atoms with van der Waals surface area (Å²) in [5, 5.41) is 11.9. The van der Waals surface area contributed by atoms with Crippen molar-refractivity contribution in [2.75, 3.05) is 23.4 Å². The molecular formula is C12H15N5O. The van der Waals surface area contributed by atoms with Crippen LogP contribution >= 0.6 is 0 Å². The fraction of sp³-hybridized carbons (Fsp3) is 0.167. The average Bonchev–Trinajstić information content (AvgIpc) is 2.31. The minimum absolute atomic E-state index is 0.134. The summed E-state index contributed by atoms with van der Waals surface area (Å²) >= 11 is 0. The van der Waals surface area contributed by atoms with Crippen molar-refractivity contribution in [2.24, 2.45) is 0 Å². The zero-order valence-corrected chi connectivity index (χ0v) is 9.80. The number of aromatic nitrogens is 2. The van der Waals surface area contributed by atoms with E-state index in [4.69, 9.17) is 16.6 Å². The van der Waals surface area contributed by atoms with E-state index in [1.54, 1.807) is 6.07 Å². The Morgan fingerprint density at radius 2 is 1.83 bits per heavy atom. The first kappa shape index (κ1) is 12.1. The second kappa shape index (κ2) is 5.33. The molecule has 0 aliphatic carbocycles. The summed E-state index contributed by atoms with van der Waals surface area (Å²) in [5.74, 6) is 1.01. The van der Waals surface area contributed by atoms with Gasteiger partial charge in [-0.25, -0.2) is 0 Å². The molecule has 94 valence electrons. The second-order valence-electron chi connectivity index (χ2n) is 3.83. The van der Waals surface area contributed by atoms with Gasteiger partial charge in [0.1, 0.15) is 11.6 Å². The summed E-state index contributed by atoms with van der Waals surface area (Å²) in [6, 6.07) is 9.29. The minimum Gasteiger partial charge on any atom is -0.396 e. The van der Waals surface area contributed by atoms with Crippen molar-refractivity contribution in [3.63, 3.8) is 0 Å². The fourth-order valence-corrected chi connectivity index (χ4v) is 1.58. The SMILES string of the molecule is Nc1cc(Nc2ccc(CCO)cc2)nc(N)n1. The van der Waals surface area contributed by atoms with Gasteiger partial charge in [0, 0.05) is 18.4 Å². The number of hydrogen-bond donors (Lipinski definition) is 4. The second-order valence-corrected chi connectivity index (χ2v) is 3.83. The quantitative estimate of drug-likeness (QED) is 0.637. The normalized spacial score (nSPS) is 10.3. The van der Waals surface area contributed by atoms with Crippen LogP contribution in [0.2, 0.25) is 0 Å². The van der Waals surface area contributed by atoms with Crippen molar-refractivity contribution in [2.45, 2.75) is 6.42 Å². The lowest BCUT2D eigenvalue weighted by Gasteiger charge is -2.07. The van der Waals surface area contributed by atoms with E-state index in [0.29, 0.717) is 18.1 Å². The molecule has 0 unspecified atom stereocenters. The number of rotatable bonds is 4. The molecule has 6 N–H and O–H groups in total. The monoisotopic (exact) mass is 245 g/mol. The van der Waals surface area contributed by atoms with E-state index in [9.17, 15) is 0 Å². The molecule has 6 heteroatoms. The maximum Gasteiger partial charge on any atom is 0.223 e. The Labute approximate surface area is 105 Å². The number of nitrogen functional groups attached to an aromatic ring is 2. The fourth-order valence-electron chi connectivity index (χ4n) is 1.58. The molecule has 0 saturated carbocycles. The van der Waals surface area contributed by atoms with Gasteiger partial charge in [-0.3, -0.25) is 0 Å². The number of aliphatic hydroxyl groups excluding tert-OH is 1. The Morgan fingerprint density at radius 3 is 2.44 bits per heavy atom. The predicted molar refractivity (Wildman–Crippen MR) is 71.4 cm³/mol. The van der Waals surface area contributed by atoms with Crippen LogP contribution in [0.1, 0.15) is 5.56 Å². The summed E-state index contributed by atoms with van der Waals surface area (Å²) in [5.41, 5.74) is 13.0. The highest BCUT2D eigenvalue weighted by Gasteiger charge is 2.00. The van der Waals surface area contributed by atoms with E-state index < -0.39 is 0 Å². The number of anilines is 4. The number of aliphatic hydroxyl groups is 1. The molecule has 0 aliphatic heterocycles. The molecule has 2 rings (SSSR count). The number of nitrogens with zero attached hydrogens (tertiary/aromatic N) is 2. The summed E-state index contributed by atoms with van der Waals surface area (Å²) in [6.45, 7) is 0.145. The van der Waals surface area contributed by atoms with Crippen LogP contribution in [-0.2, 0) is 6.42 Å². The van der Waals surface area contributed by atoms with Gasteiger partial charge in [-0.1, -0.05) is 12.1 Å². The van der Waals surface area contributed by atoms with E-state index >= 15 is 0 Å². The lowest BCUT2D eigenvalue weighted by Crippen LogP contribution is -2.03. The van der Waals surface area contributed by atoms with Gasteiger partial charge in [0.2, 0.25) is 5.95 Å². The van der Waals surface area contributed by atoms with Crippen molar-refractivity contribution in [1.82, 2.24) is 9.97 Å². The average molecular weight is 245 g/mol. The number of nitrogens with one attached hydrogen (secondary N) is 1. The summed E-state index contributed by atoms with van der Waals surface area (Å²) in [6.07, 6.45) is 0.647. The van der Waals surface area contributed by atoms with Crippen LogP contribution in [0.5, 0.6) is 0 Å². The lowest BCUT2D eigenvalue weighted by atomic mass is 10.1. The maximum atomic E-state index is 8.82. The van der Waals surface area contributed by atoms with E-state index in [1.807, 2.05) is 24.3 Å². The van der Waals surface area contributed by atoms with Gasteiger partial charge in [-0.05, 0) is 24.1 Å². The van der Waals surface area contributed by atoms with Crippen LogP contribution in [0.4, 0.5) is 23.3 Å². The van der Waals surface area contributed by atoms with Crippen LogP contribution in [0.15, 0.2) is 30.3 Å². The standard InChI is InChI=1S/C12H15N5O/c13-10-7-11(17-12(14)16-10)15-9-3-1-8(2-4-9)5-6-18/h1-4,7,18H,5-6H2,(H5,13,14,15,16,17). The van der Waals surface area contributed by atoms with E-state index in [1.165, 1.54) is 0 Å². The first-order valence-electron chi connectivity index (χ1n) is 5.54. The Morgan fingerprint density at radius 1 is 1.11 bits per heavy atom. The van der Waals surface area contributed by atoms with Crippen molar-refractivity contribution in [3.05, 3.63) is 35.9 Å². The van der Waals surface area contributed by atoms with Crippen LogP contribution in [-0.4, -0.2) is 21.7 Å². The highest BCUT2D eigenvalue weighted by molar-refractivity contribution is 5.60. The summed E-state index contributed by atoms with van der Waals surface area (Å²) < 4.78 is 0. The third kappa shape index (κ3) is 3.08. The van der Waals surface area contributed by atoms with Crippen LogP contribution < -0.4 is 16.8 Å². The van der Waals surface area contributed by atoms with Crippen LogP contribution in [0, 0.1) is 0 Å². The van der Waals surface area contributed by atoms with Crippen molar-refractivity contribution >= 4 is 23.3 Å². The Balaban J connectivity index is 2.13. The number of benzene rings is 1. The van der Waals surface area contributed by atoms with E-state index in [-0.39, 0.29) is 12.6 Å². The molecule has 0 fully saturated rings. The summed E-state index contributed by atoms with van der Waals surface area (Å²) in [7, 11) is 0. The molecule has 6 nitrogen and oxygen atoms in total. The van der Waals surface area contributed by atoms with Crippen LogP contribution in [0.25, 0.3) is 0 Å². The van der Waals surface area contributed by atoms with E-state index in [0.717, 1.165) is 11.3 Å². The summed E-state index contributed by atoms with van der Waals surface area (Å²) in [4.78, 5) is 7.81. The highest BCUT2D eigenvalue weighted by atomic mass is 16.2. The van der Waals surface area contributed by atoms with Gasteiger partial charge in [-0.15, -0.1) is 0 Å². The first-order chi connectivity index (χ1) is 8.67. The molecule has 1 aromatic carbocycles. The molecule has 0 spiro atoms. The van der Waals surface area contributed by atoms with Gasteiger partial charge in [-0.2, -0.15) is 9.97 Å². The topological polar surface area (TPSA) is 110 Å². The Kier molecular flexibility index (Phi) is 3.59. The molecule has 18 heavy (non-hydrogen) atoms. The third-order valence-corrected chi connectivity index (χ3v) is 2.39. The smallest absolute Gasteiger partial charge is 0.223 e. The minimum atomic E-state index is 0.134. The van der Waals surface area contributed by atoms with Crippen molar-refractivity contribution in [3.8, 4) is 0 Å². The maximum absolute atomic E-state index is 8.82. The van der Waals surface area contributed by atoms with Gasteiger partial charge in [0.25, 0.3) is 0 Å². The largest absolute Gasteiger partial charge is 0.396 e. The molecule has 0 amide bonds. The molecule has 0 saturated heterocycles. The zero-order valence-electron chi connectivity index (χ0n) is 9.80. The van der Waals surface area contributed by atoms with Gasteiger partial charge >= 0.3 is 0 Å². The van der Waals surface area contributed by atoms with Gasteiger partial charge in [0.15, 0.2) is 0 Å². The zero-order chi connectivity index (χ0) is 13.0. The van der Waals surface area contributed by atoms with E-state index in [2.05, 4.69) is 15.3 Å². The Hall–Kier alpha value is -2.34. The molecule has 2 aromatic rings. The molecule has 0 aliphatic rings. The predicted octanol–water partition coefficient (Wildman–Crippen LogP) is 0.919. The molecule has 1 aromatic heterocycles. The Bertz CT molecular complexity index is 506. The number of hydrogen-bond acceptors (Lipinski definition) is 6. The molecule has 0 bridgehead atoms. The molecule has 0 atom stereocenters. The van der Waals surface area contributed by atoms with Crippen molar-refractivity contribution in [1.29, 1.82) is 0 Å². The van der Waals surface area contributed by atoms with Gasteiger partial charge in [0.05, 0.1) is 0 Å². The molecule has 1 heterocycles.